The van der Waals surface area contributed by atoms with Gasteiger partial charge in [0.25, 0.3) is 0 Å². The Morgan fingerprint density at radius 3 is 2.45 bits per heavy atom. The van der Waals surface area contributed by atoms with Crippen LogP contribution in [0.3, 0.4) is 0 Å². The topological polar surface area (TPSA) is 88.3 Å². The van der Waals surface area contributed by atoms with Gasteiger partial charge in [-0.15, -0.1) is 10.2 Å². The molecule has 2 aromatic heterocycles. The summed E-state index contributed by atoms with van der Waals surface area (Å²) in [5.41, 5.74) is 2.09. The molecule has 33 heavy (non-hydrogen) atoms. The lowest BCUT2D eigenvalue weighted by Gasteiger charge is -2.49. The highest BCUT2D eigenvalue weighted by atomic mass is 16.5. The van der Waals surface area contributed by atoms with Gasteiger partial charge >= 0.3 is 0 Å². The molecule has 0 spiro atoms. The van der Waals surface area contributed by atoms with Crippen LogP contribution in [0.2, 0.25) is 0 Å². The summed E-state index contributed by atoms with van der Waals surface area (Å²) in [5, 5.41) is 27.6. The zero-order valence-corrected chi connectivity index (χ0v) is 20.1. The number of anilines is 1. The van der Waals surface area contributed by atoms with Crippen molar-refractivity contribution in [3.63, 3.8) is 0 Å². The number of hydrogen-bond donors (Lipinski definition) is 2. The van der Waals surface area contributed by atoms with Crippen LogP contribution in [0.4, 0.5) is 5.82 Å². The SMILES string of the molecule is COCCN(c1ccc(-c2ccc(-n3cccn3)cc2O)nn1)C1CC(C)(C)NC(C)(C)C1. The molecule has 0 unspecified atom stereocenters. The van der Waals surface area contributed by atoms with E-state index < -0.39 is 0 Å². The number of benzene rings is 1. The Balaban J connectivity index is 1.59. The summed E-state index contributed by atoms with van der Waals surface area (Å²) in [6, 6.07) is 11.5. The van der Waals surface area contributed by atoms with E-state index >= 15 is 0 Å². The number of phenols is 1. The Morgan fingerprint density at radius 2 is 1.88 bits per heavy atom. The number of rotatable bonds is 7. The predicted molar refractivity (Wildman–Crippen MR) is 130 cm³/mol. The van der Waals surface area contributed by atoms with Crippen LogP contribution in [0.1, 0.15) is 40.5 Å². The summed E-state index contributed by atoms with van der Waals surface area (Å²) in [5.74, 6) is 0.963. The second kappa shape index (κ2) is 9.11. The lowest BCUT2D eigenvalue weighted by Crippen LogP contribution is -2.62. The maximum absolute atomic E-state index is 10.6. The average Bonchev–Trinajstić information content (AvgIpc) is 3.27. The number of ether oxygens (including phenoxy) is 1. The fourth-order valence-corrected chi connectivity index (χ4v) is 5.09. The zero-order valence-electron chi connectivity index (χ0n) is 20.1. The summed E-state index contributed by atoms with van der Waals surface area (Å²) < 4.78 is 7.10. The van der Waals surface area contributed by atoms with Crippen molar-refractivity contribution in [2.45, 2.75) is 57.7 Å². The van der Waals surface area contributed by atoms with Crippen LogP contribution in [-0.4, -0.2) is 62.5 Å². The number of aromatic hydroxyl groups is 1. The Kier molecular flexibility index (Phi) is 6.41. The maximum Gasteiger partial charge on any atom is 0.151 e. The van der Waals surface area contributed by atoms with Gasteiger partial charge in [-0.1, -0.05) is 0 Å². The minimum atomic E-state index is 0.0211. The molecule has 1 aromatic carbocycles. The van der Waals surface area contributed by atoms with Gasteiger partial charge in [0, 0.05) is 54.8 Å². The van der Waals surface area contributed by atoms with E-state index in [9.17, 15) is 5.11 Å². The van der Waals surface area contributed by atoms with E-state index in [1.54, 1.807) is 24.1 Å². The van der Waals surface area contributed by atoms with Crippen LogP contribution in [0.25, 0.3) is 16.9 Å². The van der Waals surface area contributed by atoms with Crippen LogP contribution >= 0.6 is 0 Å². The maximum atomic E-state index is 10.6. The largest absolute Gasteiger partial charge is 0.507 e. The standard InChI is InChI=1S/C25H34N6O2/c1-24(2)16-19(17-25(3,4)29-24)30(13-14-33-5)23-10-9-21(27-28-23)20-8-7-18(15-22(20)32)31-12-6-11-26-31/h6-12,15,19,29,32H,13-14,16-17H2,1-5H3. The molecule has 0 aliphatic carbocycles. The van der Waals surface area contributed by atoms with Crippen molar-refractivity contribution in [3.05, 3.63) is 48.8 Å². The molecule has 0 radical (unpaired) electrons. The highest BCUT2D eigenvalue weighted by Gasteiger charge is 2.40. The molecular weight excluding hydrogens is 416 g/mol. The summed E-state index contributed by atoms with van der Waals surface area (Å²) in [6.45, 7) is 10.4. The minimum absolute atomic E-state index is 0.0211. The first kappa shape index (κ1) is 23.2. The molecule has 1 aliphatic rings. The molecule has 1 saturated heterocycles. The smallest absolute Gasteiger partial charge is 0.151 e. The van der Waals surface area contributed by atoms with E-state index in [4.69, 9.17) is 4.74 Å². The van der Waals surface area contributed by atoms with Gasteiger partial charge in [0.05, 0.1) is 18.0 Å². The number of hydrogen-bond acceptors (Lipinski definition) is 7. The van der Waals surface area contributed by atoms with Gasteiger partial charge in [-0.2, -0.15) is 5.10 Å². The number of nitrogens with zero attached hydrogens (tertiary/aromatic N) is 5. The highest BCUT2D eigenvalue weighted by Crippen LogP contribution is 2.34. The van der Waals surface area contributed by atoms with Crippen molar-refractivity contribution in [2.24, 2.45) is 0 Å². The number of nitrogens with one attached hydrogen (secondary N) is 1. The van der Waals surface area contributed by atoms with E-state index in [0.29, 0.717) is 23.9 Å². The molecule has 8 nitrogen and oxygen atoms in total. The Bertz CT molecular complexity index is 1050. The highest BCUT2D eigenvalue weighted by molar-refractivity contribution is 5.69. The summed E-state index contributed by atoms with van der Waals surface area (Å²) in [6.07, 6.45) is 5.54. The zero-order chi connectivity index (χ0) is 23.6. The quantitative estimate of drug-likeness (QED) is 0.566. The first-order valence-electron chi connectivity index (χ1n) is 11.4. The Hall–Kier alpha value is -2.97. The average molecular weight is 451 g/mol. The molecule has 4 rings (SSSR count). The molecule has 3 aromatic rings. The van der Waals surface area contributed by atoms with Crippen molar-refractivity contribution in [1.29, 1.82) is 0 Å². The first-order valence-corrected chi connectivity index (χ1v) is 11.4. The fraction of sp³-hybridized carbons (Fsp3) is 0.480. The molecule has 0 amide bonds. The molecule has 8 heteroatoms. The van der Waals surface area contributed by atoms with Crippen molar-refractivity contribution in [1.82, 2.24) is 25.3 Å². The molecule has 0 atom stereocenters. The molecule has 2 N–H and O–H groups in total. The molecule has 176 valence electrons. The number of methoxy groups -OCH3 is 1. The second-order valence-corrected chi connectivity index (χ2v) is 10.1. The van der Waals surface area contributed by atoms with Gasteiger partial charge in [-0.3, -0.25) is 0 Å². The third kappa shape index (κ3) is 5.34. The second-order valence-electron chi connectivity index (χ2n) is 10.1. The molecule has 1 aliphatic heterocycles. The van der Waals surface area contributed by atoms with Gasteiger partial charge in [0.2, 0.25) is 0 Å². The van der Waals surface area contributed by atoms with Gasteiger partial charge in [-0.05, 0) is 70.9 Å². The van der Waals surface area contributed by atoms with E-state index in [1.165, 1.54) is 0 Å². The van der Waals surface area contributed by atoms with Crippen LogP contribution < -0.4 is 10.2 Å². The van der Waals surface area contributed by atoms with Crippen LogP contribution in [-0.2, 0) is 4.74 Å². The van der Waals surface area contributed by atoms with Crippen LogP contribution in [0.15, 0.2) is 48.8 Å². The molecule has 3 heterocycles. The number of phenolic OH excluding ortho intramolecular Hbond substituents is 1. The van der Waals surface area contributed by atoms with Gasteiger partial charge in [-0.25, -0.2) is 4.68 Å². The van der Waals surface area contributed by atoms with Gasteiger partial charge in [0.1, 0.15) is 5.75 Å². The van der Waals surface area contributed by atoms with Gasteiger partial charge < -0.3 is 20.1 Å². The fourth-order valence-electron chi connectivity index (χ4n) is 5.09. The summed E-state index contributed by atoms with van der Waals surface area (Å²) in [4.78, 5) is 2.31. The van der Waals surface area contributed by atoms with E-state index in [0.717, 1.165) is 30.9 Å². The lowest BCUT2D eigenvalue weighted by molar-refractivity contribution is 0.149. The third-order valence-electron chi connectivity index (χ3n) is 6.12. The number of piperidine rings is 1. The first-order chi connectivity index (χ1) is 15.7. The molecule has 0 bridgehead atoms. The van der Waals surface area contributed by atoms with Crippen LogP contribution in [0.5, 0.6) is 5.75 Å². The molecule has 1 fully saturated rings. The summed E-state index contributed by atoms with van der Waals surface area (Å²) >= 11 is 0. The number of aromatic nitrogens is 4. The minimum Gasteiger partial charge on any atom is -0.507 e. The molecule has 0 saturated carbocycles. The van der Waals surface area contributed by atoms with E-state index in [1.807, 2.05) is 36.5 Å². The van der Waals surface area contributed by atoms with Crippen molar-refractivity contribution >= 4 is 5.82 Å². The van der Waals surface area contributed by atoms with E-state index in [2.05, 4.69) is 53.2 Å². The Morgan fingerprint density at radius 1 is 1.12 bits per heavy atom. The van der Waals surface area contributed by atoms with Crippen molar-refractivity contribution < 1.29 is 9.84 Å². The molecular formula is C25H34N6O2. The predicted octanol–water partition coefficient (Wildman–Crippen LogP) is 3.80. The van der Waals surface area contributed by atoms with E-state index in [-0.39, 0.29) is 16.8 Å². The van der Waals surface area contributed by atoms with Crippen molar-refractivity contribution in [3.8, 4) is 22.7 Å². The van der Waals surface area contributed by atoms with Crippen molar-refractivity contribution in [2.75, 3.05) is 25.2 Å². The summed E-state index contributed by atoms with van der Waals surface area (Å²) in [7, 11) is 1.72. The normalized spacial score (nSPS) is 17.7. The third-order valence-corrected chi connectivity index (χ3v) is 6.12. The van der Waals surface area contributed by atoms with Crippen LogP contribution in [0, 0.1) is 0 Å². The lowest BCUT2D eigenvalue weighted by atomic mass is 9.79. The Labute approximate surface area is 195 Å². The monoisotopic (exact) mass is 450 g/mol. The van der Waals surface area contributed by atoms with Gasteiger partial charge in [0.15, 0.2) is 5.82 Å².